The van der Waals surface area contributed by atoms with Crippen LogP contribution in [-0.4, -0.2) is 27.6 Å². The Balaban J connectivity index is 1.50. The van der Waals surface area contributed by atoms with E-state index in [2.05, 4.69) is 0 Å². The van der Waals surface area contributed by atoms with Crippen molar-refractivity contribution in [1.29, 1.82) is 0 Å². The first-order valence-corrected chi connectivity index (χ1v) is 12.0. The van der Waals surface area contributed by atoms with Crippen molar-refractivity contribution < 1.29 is 13.9 Å². The minimum atomic E-state index is -1.07. The minimum absolute atomic E-state index is 0.101. The fraction of sp³-hybridized carbons (Fsp3) is 0.214. The van der Waals surface area contributed by atoms with E-state index in [1.807, 2.05) is 96.0 Å². The van der Waals surface area contributed by atoms with E-state index < -0.39 is 40.4 Å². The Bertz CT molecular complexity index is 1330. The summed E-state index contributed by atoms with van der Waals surface area (Å²) in [4.78, 5) is 25.6. The van der Waals surface area contributed by atoms with Gasteiger partial charge in [0.25, 0.3) is 5.56 Å². The van der Waals surface area contributed by atoms with Crippen LogP contribution >= 0.6 is 11.6 Å². The second kappa shape index (κ2) is 10.2. The second-order valence-corrected chi connectivity index (χ2v) is 9.18. The number of rotatable bonds is 7. The van der Waals surface area contributed by atoms with Crippen molar-refractivity contribution >= 4 is 11.6 Å². The molecule has 1 aliphatic heterocycles. The summed E-state index contributed by atoms with van der Waals surface area (Å²) in [6.45, 7) is 0.101. The molecule has 2 heterocycles. The summed E-state index contributed by atoms with van der Waals surface area (Å²) >= 11 is 6.63. The van der Waals surface area contributed by atoms with Gasteiger partial charge in [-0.2, -0.15) is 4.39 Å². The SMILES string of the molecule is O=c1[nH]c(=O)n([C@H]2C[C@@H](Cl)[C@@H](COC(c3ccccc3)(c3ccccc3)c3ccccc3)O2)cc1F. The van der Waals surface area contributed by atoms with Crippen molar-refractivity contribution in [3.8, 4) is 0 Å². The van der Waals surface area contributed by atoms with Gasteiger partial charge in [-0.25, -0.2) is 4.79 Å². The molecular formula is C28H24ClFN2O4. The number of benzene rings is 3. The van der Waals surface area contributed by atoms with E-state index in [1.54, 1.807) is 0 Å². The van der Waals surface area contributed by atoms with Gasteiger partial charge in [-0.05, 0) is 16.7 Å². The maximum absolute atomic E-state index is 13.9. The molecule has 0 saturated carbocycles. The topological polar surface area (TPSA) is 73.3 Å². The first-order chi connectivity index (χ1) is 17.5. The minimum Gasteiger partial charge on any atom is -0.358 e. The highest BCUT2D eigenvalue weighted by molar-refractivity contribution is 6.21. The molecule has 1 aromatic heterocycles. The molecule has 184 valence electrons. The maximum atomic E-state index is 13.9. The zero-order valence-corrected chi connectivity index (χ0v) is 20.0. The number of hydrogen-bond acceptors (Lipinski definition) is 4. The summed E-state index contributed by atoms with van der Waals surface area (Å²) in [6.07, 6.45) is -0.328. The number of aromatic amines is 1. The van der Waals surface area contributed by atoms with Crippen molar-refractivity contribution in [2.75, 3.05) is 6.61 Å². The van der Waals surface area contributed by atoms with E-state index >= 15 is 0 Å². The molecule has 0 spiro atoms. The molecule has 3 aromatic carbocycles. The van der Waals surface area contributed by atoms with E-state index in [4.69, 9.17) is 21.1 Å². The molecule has 0 radical (unpaired) electrons. The van der Waals surface area contributed by atoms with E-state index in [9.17, 15) is 14.0 Å². The van der Waals surface area contributed by atoms with Crippen LogP contribution in [0.1, 0.15) is 29.3 Å². The summed E-state index contributed by atoms with van der Waals surface area (Å²) in [6, 6.07) is 29.7. The molecule has 5 rings (SSSR count). The average Bonchev–Trinajstić information content (AvgIpc) is 3.28. The zero-order chi connectivity index (χ0) is 25.1. The highest BCUT2D eigenvalue weighted by Gasteiger charge is 2.41. The van der Waals surface area contributed by atoms with Crippen molar-refractivity contribution in [1.82, 2.24) is 9.55 Å². The average molecular weight is 507 g/mol. The third kappa shape index (κ3) is 4.53. The lowest BCUT2D eigenvalue weighted by Gasteiger charge is -2.37. The molecule has 3 atom stereocenters. The molecule has 0 bridgehead atoms. The first kappa shape index (κ1) is 24.2. The highest BCUT2D eigenvalue weighted by atomic mass is 35.5. The summed E-state index contributed by atoms with van der Waals surface area (Å²) in [5, 5.41) is -0.503. The largest absolute Gasteiger partial charge is 0.358 e. The van der Waals surface area contributed by atoms with E-state index in [-0.39, 0.29) is 13.0 Å². The molecule has 1 N–H and O–H groups in total. The molecule has 8 heteroatoms. The van der Waals surface area contributed by atoms with Gasteiger partial charge in [0.1, 0.15) is 11.8 Å². The maximum Gasteiger partial charge on any atom is 0.330 e. The number of halogens is 2. The van der Waals surface area contributed by atoms with E-state index in [0.29, 0.717) is 0 Å². The van der Waals surface area contributed by atoms with Crippen LogP contribution in [0.25, 0.3) is 0 Å². The lowest BCUT2D eigenvalue weighted by Crippen LogP contribution is -2.37. The first-order valence-electron chi connectivity index (χ1n) is 11.6. The van der Waals surface area contributed by atoms with Crippen LogP contribution in [0.4, 0.5) is 4.39 Å². The third-order valence-corrected chi connectivity index (χ3v) is 6.86. The number of ether oxygens (including phenoxy) is 2. The van der Waals surface area contributed by atoms with Gasteiger partial charge >= 0.3 is 5.69 Å². The lowest BCUT2D eigenvalue weighted by atomic mass is 9.80. The molecule has 1 aliphatic rings. The van der Waals surface area contributed by atoms with Crippen LogP contribution in [-0.2, 0) is 15.1 Å². The molecule has 0 amide bonds. The number of alkyl halides is 1. The predicted octanol–water partition coefficient (Wildman–Crippen LogP) is 4.58. The summed E-state index contributed by atoms with van der Waals surface area (Å²) < 4.78 is 27.7. The van der Waals surface area contributed by atoms with Crippen LogP contribution in [0, 0.1) is 5.82 Å². The van der Waals surface area contributed by atoms with Crippen LogP contribution in [0.5, 0.6) is 0 Å². The van der Waals surface area contributed by atoms with Gasteiger partial charge in [-0.15, -0.1) is 11.6 Å². The normalized spacial score (nSPS) is 19.9. The van der Waals surface area contributed by atoms with Crippen molar-refractivity contribution in [3.63, 3.8) is 0 Å². The summed E-state index contributed by atoms with van der Waals surface area (Å²) in [5.41, 5.74) is 0.00732. The highest BCUT2D eigenvalue weighted by Crippen LogP contribution is 2.42. The fourth-order valence-corrected chi connectivity index (χ4v) is 4.94. The number of H-pyrrole nitrogens is 1. The molecule has 0 aliphatic carbocycles. The van der Waals surface area contributed by atoms with Gasteiger partial charge in [-0.1, -0.05) is 91.0 Å². The summed E-state index contributed by atoms with van der Waals surface area (Å²) in [5.74, 6) is -1.07. The number of hydrogen-bond donors (Lipinski definition) is 1. The van der Waals surface area contributed by atoms with Crippen LogP contribution in [0.3, 0.4) is 0 Å². The number of nitrogens with zero attached hydrogens (tertiary/aromatic N) is 1. The summed E-state index contributed by atoms with van der Waals surface area (Å²) in [7, 11) is 0. The monoisotopic (exact) mass is 506 g/mol. The molecule has 36 heavy (non-hydrogen) atoms. The van der Waals surface area contributed by atoms with Crippen molar-refractivity contribution in [2.45, 2.75) is 29.7 Å². The molecule has 1 saturated heterocycles. The Kier molecular flexibility index (Phi) is 6.87. The van der Waals surface area contributed by atoms with Gasteiger partial charge in [0.15, 0.2) is 0 Å². The van der Waals surface area contributed by atoms with E-state index in [1.165, 1.54) is 0 Å². The van der Waals surface area contributed by atoms with E-state index in [0.717, 1.165) is 27.5 Å². The standard InChI is InChI=1S/C28H24ClFN2O4/c29-22-16-25(32-17-23(30)26(33)31-27(32)34)36-24(22)18-35-28(19-10-4-1-5-11-19,20-12-6-2-7-13-20)21-14-8-3-9-15-21/h1-15,17,22,24-25H,16,18H2,(H,31,33,34)/t22-,24-,25-/m1/s1. The molecule has 6 nitrogen and oxygen atoms in total. The number of nitrogens with one attached hydrogen (secondary N) is 1. The molecular weight excluding hydrogens is 483 g/mol. The van der Waals surface area contributed by atoms with Crippen molar-refractivity contribution in [2.24, 2.45) is 0 Å². The molecule has 4 aromatic rings. The van der Waals surface area contributed by atoms with Gasteiger partial charge in [0.05, 0.1) is 24.3 Å². The van der Waals surface area contributed by atoms with Crippen LogP contribution in [0.15, 0.2) is 107 Å². The van der Waals surface area contributed by atoms with Gasteiger partial charge in [0, 0.05) is 6.42 Å². The Labute approximate surface area is 211 Å². The zero-order valence-electron chi connectivity index (χ0n) is 19.2. The Hall–Kier alpha value is -3.52. The Morgan fingerprint density at radius 1 is 0.917 bits per heavy atom. The Morgan fingerprint density at radius 3 is 1.92 bits per heavy atom. The third-order valence-electron chi connectivity index (χ3n) is 6.40. The quantitative estimate of drug-likeness (QED) is 0.294. The van der Waals surface area contributed by atoms with Gasteiger partial charge in [0.2, 0.25) is 5.82 Å². The number of aromatic nitrogens is 2. The molecule has 0 unspecified atom stereocenters. The second-order valence-electron chi connectivity index (χ2n) is 8.61. The smallest absolute Gasteiger partial charge is 0.330 e. The van der Waals surface area contributed by atoms with Gasteiger partial charge < -0.3 is 9.47 Å². The van der Waals surface area contributed by atoms with Crippen LogP contribution < -0.4 is 11.2 Å². The fourth-order valence-electron chi connectivity index (χ4n) is 4.66. The predicted molar refractivity (Wildman–Crippen MR) is 135 cm³/mol. The Morgan fingerprint density at radius 2 is 1.42 bits per heavy atom. The van der Waals surface area contributed by atoms with Gasteiger partial charge in [-0.3, -0.25) is 14.3 Å². The van der Waals surface area contributed by atoms with Crippen molar-refractivity contribution in [3.05, 3.63) is 141 Å². The van der Waals surface area contributed by atoms with Crippen LogP contribution in [0.2, 0.25) is 0 Å². The lowest BCUT2D eigenvalue weighted by molar-refractivity contribution is -0.0769. The molecule has 1 fully saturated rings.